The maximum Gasteiger partial charge on any atom is 0.269 e. The van der Waals surface area contributed by atoms with E-state index in [1.807, 2.05) is 11.9 Å². The maximum atomic E-state index is 11.8. The smallest absolute Gasteiger partial charge is 0.269 e. The van der Waals surface area contributed by atoms with Crippen molar-refractivity contribution in [2.75, 3.05) is 20.1 Å². The third kappa shape index (κ3) is 6.88. The first-order chi connectivity index (χ1) is 10.8. The molecule has 2 amide bonds. The molecule has 0 aliphatic carbocycles. The number of nitro groups is 1. The molecular weight excluding hydrogens is 300 g/mol. The lowest BCUT2D eigenvalue weighted by Crippen LogP contribution is -2.46. The van der Waals surface area contributed by atoms with Gasteiger partial charge >= 0.3 is 0 Å². The van der Waals surface area contributed by atoms with Gasteiger partial charge in [0.2, 0.25) is 0 Å². The Morgan fingerprint density at radius 2 is 1.83 bits per heavy atom. The SMILES string of the molecule is CC(C)CCN(C)CC(=O)NNC(=O)c1ccc([N+](=O)[O-])cc1. The van der Waals surface area contributed by atoms with Crippen molar-refractivity contribution in [3.05, 3.63) is 39.9 Å². The zero-order chi connectivity index (χ0) is 17.4. The molecule has 0 heterocycles. The second-order valence-corrected chi connectivity index (χ2v) is 5.73. The molecule has 0 radical (unpaired) electrons. The van der Waals surface area contributed by atoms with Gasteiger partial charge in [-0.15, -0.1) is 0 Å². The van der Waals surface area contributed by atoms with Gasteiger partial charge in [-0.3, -0.25) is 35.5 Å². The molecule has 0 atom stereocenters. The first-order valence-corrected chi connectivity index (χ1v) is 7.31. The van der Waals surface area contributed by atoms with Gasteiger partial charge in [-0.25, -0.2) is 0 Å². The van der Waals surface area contributed by atoms with E-state index in [9.17, 15) is 19.7 Å². The summed E-state index contributed by atoms with van der Waals surface area (Å²) >= 11 is 0. The lowest BCUT2D eigenvalue weighted by molar-refractivity contribution is -0.384. The standard InChI is InChI=1S/C15H22N4O4/c1-11(2)8-9-18(3)10-14(20)16-17-15(21)12-4-6-13(7-5-12)19(22)23/h4-7,11H,8-10H2,1-3H3,(H,16,20)(H,17,21). The van der Waals surface area contributed by atoms with Crippen LogP contribution in [0, 0.1) is 16.0 Å². The zero-order valence-electron chi connectivity index (χ0n) is 13.5. The van der Waals surface area contributed by atoms with Crippen molar-refractivity contribution in [2.45, 2.75) is 20.3 Å². The lowest BCUT2D eigenvalue weighted by atomic mass is 10.1. The van der Waals surface area contributed by atoms with Crippen LogP contribution in [0.1, 0.15) is 30.6 Å². The molecule has 1 rings (SSSR count). The average molecular weight is 322 g/mol. The molecule has 0 aliphatic rings. The molecule has 126 valence electrons. The van der Waals surface area contributed by atoms with Crippen molar-refractivity contribution in [1.82, 2.24) is 15.8 Å². The third-order valence-electron chi connectivity index (χ3n) is 3.16. The van der Waals surface area contributed by atoms with Gasteiger partial charge in [-0.2, -0.15) is 0 Å². The van der Waals surface area contributed by atoms with Crippen LogP contribution in [-0.2, 0) is 4.79 Å². The van der Waals surface area contributed by atoms with Gasteiger partial charge in [-0.05, 0) is 38.1 Å². The number of carbonyl (C=O) groups is 2. The molecule has 0 aromatic heterocycles. The number of hydrogen-bond acceptors (Lipinski definition) is 5. The second-order valence-electron chi connectivity index (χ2n) is 5.73. The van der Waals surface area contributed by atoms with Crippen LogP contribution in [0.25, 0.3) is 0 Å². The average Bonchev–Trinajstić information content (AvgIpc) is 2.50. The Hall–Kier alpha value is -2.48. The summed E-state index contributed by atoms with van der Waals surface area (Å²) in [5, 5.41) is 10.5. The molecule has 0 saturated carbocycles. The number of nitrogens with zero attached hydrogens (tertiary/aromatic N) is 2. The van der Waals surface area contributed by atoms with Crippen molar-refractivity contribution in [3.63, 3.8) is 0 Å². The molecule has 0 unspecified atom stereocenters. The fourth-order valence-electron chi connectivity index (χ4n) is 1.78. The minimum atomic E-state index is -0.545. The number of rotatable bonds is 7. The number of hydrazine groups is 1. The first kappa shape index (κ1) is 18.6. The van der Waals surface area contributed by atoms with Crippen LogP contribution in [-0.4, -0.2) is 41.8 Å². The molecule has 0 bridgehead atoms. The van der Waals surface area contributed by atoms with Crippen LogP contribution in [0.2, 0.25) is 0 Å². The molecule has 0 spiro atoms. The maximum absolute atomic E-state index is 11.8. The van der Waals surface area contributed by atoms with E-state index >= 15 is 0 Å². The van der Waals surface area contributed by atoms with Crippen molar-refractivity contribution < 1.29 is 14.5 Å². The highest BCUT2D eigenvalue weighted by molar-refractivity contribution is 5.95. The third-order valence-corrected chi connectivity index (χ3v) is 3.16. The fourth-order valence-corrected chi connectivity index (χ4v) is 1.78. The number of nitrogens with one attached hydrogen (secondary N) is 2. The molecule has 2 N–H and O–H groups in total. The van der Waals surface area contributed by atoms with E-state index in [4.69, 9.17) is 0 Å². The number of nitro benzene ring substituents is 1. The van der Waals surface area contributed by atoms with Crippen LogP contribution in [0.15, 0.2) is 24.3 Å². The minimum Gasteiger partial charge on any atom is -0.298 e. The summed E-state index contributed by atoms with van der Waals surface area (Å²) in [6, 6.07) is 5.12. The van der Waals surface area contributed by atoms with Gasteiger partial charge in [0.1, 0.15) is 0 Å². The normalized spacial score (nSPS) is 10.7. The quantitative estimate of drug-likeness (QED) is 0.582. The summed E-state index contributed by atoms with van der Waals surface area (Å²) in [4.78, 5) is 35.4. The van der Waals surface area contributed by atoms with Crippen molar-refractivity contribution >= 4 is 17.5 Å². The molecule has 0 fully saturated rings. The van der Waals surface area contributed by atoms with E-state index < -0.39 is 10.8 Å². The fraction of sp³-hybridized carbons (Fsp3) is 0.467. The Balaban J connectivity index is 2.40. The van der Waals surface area contributed by atoms with Crippen molar-refractivity contribution in [2.24, 2.45) is 5.92 Å². The van der Waals surface area contributed by atoms with E-state index in [0.717, 1.165) is 13.0 Å². The van der Waals surface area contributed by atoms with Gasteiger partial charge in [0.15, 0.2) is 0 Å². The van der Waals surface area contributed by atoms with Crippen LogP contribution in [0.3, 0.4) is 0 Å². The number of amides is 2. The highest BCUT2D eigenvalue weighted by Crippen LogP contribution is 2.11. The van der Waals surface area contributed by atoms with Gasteiger partial charge in [-0.1, -0.05) is 13.8 Å². The molecule has 1 aromatic carbocycles. The molecular formula is C15H22N4O4. The predicted molar refractivity (Wildman–Crippen MR) is 85.7 cm³/mol. The van der Waals surface area contributed by atoms with Crippen LogP contribution in [0.4, 0.5) is 5.69 Å². The van der Waals surface area contributed by atoms with Gasteiger partial charge in [0.25, 0.3) is 17.5 Å². The molecule has 23 heavy (non-hydrogen) atoms. The highest BCUT2D eigenvalue weighted by atomic mass is 16.6. The number of benzene rings is 1. The summed E-state index contributed by atoms with van der Waals surface area (Å²) in [7, 11) is 1.83. The van der Waals surface area contributed by atoms with E-state index in [2.05, 4.69) is 24.7 Å². The minimum absolute atomic E-state index is 0.0997. The summed E-state index contributed by atoms with van der Waals surface area (Å²) in [6.07, 6.45) is 0.985. The molecule has 8 heteroatoms. The number of non-ortho nitro benzene ring substituents is 1. The second kappa shape index (κ2) is 8.84. The Morgan fingerprint density at radius 1 is 1.22 bits per heavy atom. The topological polar surface area (TPSA) is 105 Å². The monoisotopic (exact) mass is 322 g/mol. The van der Waals surface area contributed by atoms with Gasteiger partial charge in [0, 0.05) is 17.7 Å². The van der Waals surface area contributed by atoms with Gasteiger partial charge in [0.05, 0.1) is 11.5 Å². The number of carbonyl (C=O) groups excluding carboxylic acids is 2. The molecule has 1 aromatic rings. The van der Waals surface area contributed by atoms with Crippen LogP contribution in [0.5, 0.6) is 0 Å². The Morgan fingerprint density at radius 3 is 2.35 bits per heavy atom. The van der Waals surface area contributed by atoms with Crippen LogP contribution >= 0.6 is 0 Å². The number of likely N-dealkylation sites (N-methyl/N-ethyl adjacent to an activating group) is 1. The zero-order valence-corrected chi connectivity index (χ0v) is 13.5. The Labute approximate surface area is 135 Å². The summed E-state index contributed by atoms with van der Waals surface area (Å²) < 4.78 is 0. The molecule has 0 aliphatic heterocycles. The molecule has 0 saturated heterocycles. The largest absolute Gasteiger partial charge is 0.298 e. The first-order valence-electron chi connectivity index (χ1n) is 7.31. The van der Waals surface area contributed by atoms with Crippen LogP contribution < -0.4 is 10.9 Å². The summed E-state index contributed by atoms with van der Waals surface area (Å²) in [6.45, 7) is 5.19. The van der Waals surface area contributed by atoms with Gasteiger partial charge < -0.3 is 0 Å². The van der Waals surface area contributed by atoms with E-state index in [1.165, 1.54) is 24.3 Å². The Bertz CT molecular complexity index is 557. The number of hydrogen-bond donors (Lipinski definition) is 2. The van der Waals surface area contributed by atoms with Crippen molar-refractivity contribution in [3.8, 4) is 0 Å². The summed E-state index contributed by atoms with van der Waals surface area (Å²) in [5.41, 5.74) is 4.73. The lowest BCUT2D eigenvalue weighted by Gasteiger charge is -2.17. The van der Waals surface area contributed by atoms with E-state index in [0.29, 0.717) is 5.92 Å². The van der Waals surface area contributed by atoms with Crippen molar-refractivity contribution in [1.29, 1.82) is 0 Å². The molecule has 8 nitrogen and oxygen atoms in total. The highest BCUT2D eigenvalue weighted by Gasteiger charge is 2.11. The summed E-state index contributed by atoms with van der Waals surface area (Å²) in [5.74, 6) is -0.299. The van der Waals surface area contributed by atoms with E-state index in [1.54, 1.807) is 0 Å². The predicted octanol–water partition coefficient (Wildman–Crippen LogP) is 1.33. The Kier molecular flexibility index (Phi) is 7.14. The van der Waals surface area contributed by atoms with E-state index in [-0.39, 0.29) is 23.7 Å².